The Morgan fingerprint density at radius 3 is 2.20 bits per heavy atom. The number of aromatic nitrogens is 1. The number of hydrogen-bond acceptors (Lipinski definition) is 4. The number of ether oxygens (including phenoxy) is 1. The molecule has 0 saturated carbocycles. The second-order valence-corrected chi connectivity index (χ2v) is 5.52. The number of aliphatic hydroxyl groups is 1. The zero-order valence-corrected chi connectivity index (χ0v) is 17.9. The third-order valence-electron chi connectivity index (χ3n) is 3.49. The first kappa shape index (κ1) is 25.9. The Morgan fingerprint density at radius 2 is 1.84 bits per heavy atom. The van der Waals surface area contributed by atoms with E-state index in [1.807, 2.05) is 61.5 Å². The van der Waals surface area contributed by atoms with Crippen molar-refractivity contribution in [2.75, 3.05) is 7.11 Å². The molecule has 0 radical (unpaired) electrons. The van der Waals surface area contributed by atoms with E-state index in [0.717, 1.165) is 5.57 Å². The van der Waals surface area contributed by atoms with Gasteiger partial charge in [-0.05, 0) is 33.3 Å². The van der Waals surface area contributed by atoms with Gasteiger partial charge in [-0.1, -0.05) is 63.2 Å². The van der Waals surface area contributed by atoms with Gasteiger partial charge in [0.25, 0.3) is 0 Å². The Morgan fingerprint density at radius 1 is 1.32 bits per heavy atom. The van der Waals surface area contributed by atoms with Gasteiger partial charge in [0, 0.05) is 17.7 Å². The van der Waals surface area contributed by atoms with Crippen molar-refractivity contribution >= 4 is 17.2 Å². The van der Waals surface area contributed by atoms with E-state index >= 15 is 0 Å². The van der Waals surface area contributed by atoms with Crippen molar-refractivity contribution in [3.63, 3.8) is 0 Å². The molecule has 1 heterocycles. The minimum Gasteiger partial charge on any atom is -0.391 e. The van der Waals surface area contributed by atoms with Crippen LogP contribution in [0.5, 0.6) is 0 Å². The summed E-state index contributed by atoms with van der Waals surface area (Å²) in [7, 11) is 1.58. The van der Waals surface area contributed by atoms with Crippen molar-refractivity contribution in [2.45, 2.75) is 67.6 Å². The first-order chi connectivity index (χ1) is 11.8. The maximum Gasteiger partial charge on any atom is 0.174 e. The third-order valence-corrected chi connectivity index (χ3v) is 3.83. The van der Waals surface area contributed by atoms with Crippen molar-refractivity contribution in [2.24, 2.45) is 0 Å². The highest BCUT2D eigenvalue weighted by molar-refractivity contribution is 6.35. The lowest BCUT2D eigenvalue weighted by atomic mass is 9.95. The molecule has 0 aromatic carbocycles. The van der Waals surface area contributed by atoms with Crippen molar-refractivity contribution in [1.82, 2.24) is 5.16 Å². The predicted octanol–water partition coefficient (Wildman–Crippen LogP) is 6.20. The van der Waals surface area contributed by atoms with Gasteiger partial charge in [0.1, 0.15) is 11.3 Å². The highest BCUT2D eigenvalue weighted by Gasteiger charge is 2.32. The topological polar surface area (TPSA) is 55.5 Å². The van der Waals surface area contributed by atoms with Gasteiger partial charge in [0.2, 0.25) is 0 Å². The Kier molecular flexibility index (Phi) is 13.4. The number of methoxy groups -OCH3 is 1. The fourth-order valence-corrected chi connectivity index (χ4v) is 2.19. The second-order valence-electron chi connectivity index (χ2n) is 5.11. The van der Waals surface area contributed by atoms with E-state index in [2.05, 4.69) is 11.7 Å². The summed E-state index contributed by atoms with van der Waals surface area (Å²) in [4.78, 5) is 0. The monoisotopic (exact) mass is 371 g/mol. The van der Waals surface area contributed by atoms with Gasteiger partial charge in [0.15, 0.2) is 5.76 Å². The molecular formula is C20H34ClNO3. The van der Waals surface area contributed by atoms with Crippen molar-refractivity contribution in [3.05, 3.63) is 46.4 Å². The maximum atomic E-state index is 9.74. The van der Waals surface area contributed by atoms with Crippen LogP contribution in [0, 0.1) is 0 Å². The lowest BCUT2D eigenvalue weighted by Crippen LogP contribution is -2.20. The van der Waals surface area contributed by atoms with Crippen molar-refractivity contribution < 1.29 is 14.4 Å². The first-order valence-corrected chi connectivity index (χ1v) is 9.02. The minimum atomic E-state index is -0.696. The molecule has 0 aliphatic rings. The SMILES string of the molecule is C=C/C(Cl)=C(\C(C)=C/C)c1noc(C(C)(C)OC)c1CO.CC.CC. The largest absolute Gasteiger partial charge is 0.391 e. The summed E-state index contributed by atoms with van der Waals surface area (Å²) in [5.41, 5.74) is 2.00. The van der Waals surface area contributed by atoms with Crippen LogP contribution in [-0.4, -0.2) is 17.4 Å². The van der Waals surface area contributed by atoms with E-state index in [4.69, 9.17) is 20.9 Å². The summed E-state index contributed by atoms with van der Waals surface area (Å²) >= 11 is 6.25. The van der Waals surface area contributed by atoms with Crippen molar-refractivity contribution in [1.29, 1.82) is 0 Å². The third kappa shape index (κ3) is 6.46. The zero-order valence-electron chi connectivity index (χ0n) is 17.2. The van der Waals surface area contributed by atoms with Crippen LogP contribution in [0.2, 0.25) is 0 Å². The lowest BCUT2D eigenvalue weighted by Gasteiger charge is -2.20. The van der Waals surface area contributed by atoms with Gasteiger partial charge in [-0.25, -0.2) is 0 Å². The van der Waals surface area contributed by atoms with Gasteiger partial charge < -0.3 is 14.4 Å². The second kappa shape index (κ2) is 12.9. The molecule has 1 rings (SSSR count). The molecule has 1 aromatic rings. The van der Waals surface area contributed by atoms with E-state index in [1.54, 1.807) is 13.2 Å². The molecule has 0 atom stereocenters. The minimum absolute atomic E-state index is 0.219. The van der Waals surface area contributed by atoms with Crippen LogP contribution in [0.3, 0.4) is 0 Å². The van der Waals surface area contributed by atoms with Crippen LogP contribution < -0.4 is 0 Å². The van der Waals surface area contributed by atoms with Crippen LogP contribution in [0.25, 0.3) is 5.57 Å². The van der Waals surface area contributed by atoms with Gasteiger partial charge in [-0.15, -0.1) is 0 Å². The number of allylic oxidation sites excluding steroid dienone is 5. The molecule has 0 fully saturated rings. The highest BCUT2D eigenvalue weighted by atomic mass is 35.5. The molecule has 0 aliphatic heterocycles. The van der Waals surface area contributed by atoms with Gasteiger partial charge in [-0.3, -0.25) is 0 Å². The molecule has 144 valence electrons. The molecule has 0 aliphatic carbocycles. The number of hydrogen-bond donors (Lipinski definition) is 1. The number of halogens is 1. The standard InChI is InChI=1S/C16H22ClNO3.2C2H6/c1-7-10(3)13(12(17)8-2)14-11(9-19)15(21-18-14)16(4,5)20-6;2*1-2/h7-8,19H,2,9H2,1,3-6H3;2*1-2H3/b10-7-,13-12-;;. The molecular weight excluding hydrogens is 338 g/mol. The Bertz CT molecular complexity index is 584. The molecule has 0 amide bonds. The zero-order chi connectivity index (χ0) is 20.2. The molecule has 0 spiro atoms. The summed E-state index contributed by atoms with van der Waals surface area (Å²) < 4.78 is 10.8. The highest BCUT2D eigenvalue weighted by Crippen LogP contribution is 2.36. The smallest absolute Gasteiger partial charge is 0.174 e. The number of nitrogens with zero attached hydrogens (tertiary/aromatic N) is 1. The van der Waals surface area contributed by atoms with Crippen LogP contribution in [0.1, 0.15) is 72.4 Å². The number of aliphatic hydroxyl groups excluding tert-OH is 1. The van der Waals surface area contributed by atoms with E-state index in [9.17, 15) is 5.11 Å². The summed E-state index contributed by atoms with van der Waals surface area (Å²) in [6.07, 6.45) is 3.46. The Balaban J connectivity index is 0. The molecule has 0 unspecified atom stereocenters. The normalized spacial score (nSPS) is 12.4. The van der Waals surface area contributed by atoms with Crippen LogP contribution >= 0.6 is 11.6 Å². The number of rotatable bonds is 6. The first-order valence-electron chi connectivity index (χ1n) is 8.64. The van der Waals surface area contributed by atoms with E-state index in [1.165, 1.54) is 0 Å². The molecule has 0 saturated heterocycles. The summed E-state index contributed by atoms with van der Waals surface area (Å²) in [5.74, 6) is 0.484. The molecule has 5 heteroatoms. The van der Waals surface area contributed by atoms with Gasteiger partial charge >= 0.3 is 0 Å². The van der Waals surface area contributed by atoms with E-state index in [0.29, 0.717) is 27.6 Å². The quantitative estimate of drug-likeness (QED) is 0.604. The van der Waals surface area contributed by atoms with E-state index < -0.39 is 5.60 Å². The average Bonchev–Trinajstić information content (AvgIpc) is 3.09. The van der Waals surface area contributed by atoms with Gasteiger partial charge in [-0.2, -0.15) is 0 Å². The van der Waals surface area contributed by atoms with Crippen LogP contribution in [-0.2, 0) is 16.9 Å². The summed E-state index contributed by atoms with van der Waals surface area (Å²) in [5, 5.41) is 14.3. The van der Waals surface area contributed by atoms with Crippen molar-refractivity contribution in [3.8, 4) is 0 Å². The molecule has 4 nitrogen and oxygen atoms in total. The lowest BCUT2D eigenvalue weighted by molar-refractivity contribution is -0.00530. The average molecular weight is 372 g/mol. The van der Waals surface area contributed by atoms with Gasteiger partial charge in [0.05, 0.1) is 12.2 Å². The van der Waals surface area contributed by atoms with Crippen LogP contribution in [0.4, 0.5) is 0 Å². The summed E-state index contributed by atoms with van der Waals surface area (Å²) in [6, 6.07) is 0. The van der Waals surface area contributed by atoms with Crippen LogP contribution in [0.15, 0.2) is 33.9 Å². The predicted molar refractivity (Wildman–Crippen MR) is 108 cm³/mol. The molecule has 1 aromatic heterocycles. The Hall–Kier alpha value is -1.36. The Labute approximate surface area is 158 Å². The fraction of sp³-hybridized carbons (Fsp3) is 0.550. The molecule has 1 N–H and O–H groups in total. The fourth-order valence-electron chi connectivity index (χ4n) is 1.95. The molecule has 25 heavy (non-hydrogen) atoms. The summed E-state index contributed by atoms with van der Waals surface area (Å²) in [6.45, 7) is 19.0. The molecule has 0 bridgehead atoms. The maximum absolute atomic E-state index is 9.74. The van der Waals surface area contributed by atoms with E-state index in [-0.39, 0.29) is 6.61 Å².